The van der Waals surface area contributed by atoms with Crippen molar-refractivity contribution in [2.45, 2.75) is 61.1 Å². The topological polar surface area (TPSA) is 128 Å². The Kier molecular flexibility index (Phi) is 8.43. The van der Waals surface area contributed by atoms with Gasteiger partial charge in [0.1, 0.15) is 5.82 Å². The van der Waals surface area contributed by atoms with Crippen molar-refractivity contribution >= 4 is 17.4 Å². The molecule has 2 aromatic heterocycles. The fourth-order valence-corrected chi connectivity index (χ4v) is 3.69. The average Bonchev–Trinajstić information content (AvgIpc) is 2.94. The molecule has 10 nitrogen and oxygen atoms in total. The summed E-state index contributed by atoms with van der Waals surface area (Å²) in [6.07, 6.45) is 0.0572. The lowest BCUT2D eigenvalue weighted by molar-refractivity contribution is -0.118. The van der Waals surface area contributed by atoms with Gasteiger partial charge in [-0.3, -0.25) is 23.8 Å². The molecule has 0 aliphatic rings. The van der Waals surface area contributed by atoms with Crippen molar-refractivity contribution in [3.8, 4) is 0 Å². The molecule has 0 aliphatic carbocycles. The molecule has 32 heavy (non-hydrogen) atoms. The monoisotopic (exact) mass is 448 g/mol. The maximum absolute atomic E-state index is 13.4. The van der Waals surface area contributed by atoms with Crippen molar-refractivity contribution in [2.75, 3.05) is 30.9 Å². The smallest absolute Gasteiger partial charge is 0.330 e. The molecule has 0 radical (unpaired) electrons. The summed E-state index contributed by atoms with van der Waals surface area (Å²) in [6, 6.07) is 0. The SMILES string of the molecule is COCCN(C(=O)Cc1c(C)nn(CC(C)C)c1C)c1c(N)n(CC(C)C)c(=O)[nH]c1=O. The van der Waals surface area contributed by atoms with E-state index in [9.17, 15) is 14.4 Å². The number of hydrogen-bond donors (Lipinski definition) is 2. The quantitative estimate of drug-likeness (QED) is 0.566. The number of carbonyl (C=O) groups is 1. The van der Waals surface area contributed by atoms with E-state index < -0.39 is 11.2 Å². The van der Waals surface area contributed by atoms with Gasteiger partial charge in [-0.15, -0.1) is 0 Å². The third kappa shape index (κ3) is 5.67. The zero-order chi connectivity index (χ0) is 24.2. The van der Waals surface area contributed by atoms with Gasteiger partial charge in [-0.25, -0.2) is 4.79 Å². The normalized spacial score (nSPS) is 11.5. The van der Waals surface area contributed by atoms with Crippen molar-refractivity contribution in [1.29, 1.82) is 0 Å². The van der Waals surface area contributed by atoms with Crippen molar-refractivity contribution in [1.82, 2.24) is 19.3 Å². The molecular formula is C22H36N6O4. The van der Waals surface area contributed by atoms with Crippen LogP contribution in [0.2, 0.25) is 0 Å². The van der Waals surface area contributed by atoms with Crippen molar-refractivity contribution < 1.29 is 9.53 Å². The summed E-state index contributed by atoms with van der Waals surface area (Å²) >= 11 is 0. The second-order valence-electron chi connectivity index (χ2n) is 8.94. The lowest BCUT2D eigenvalue weighted by Gasteiger charge is -2.25. The number of H-pyrrole nitrogens is 1. The molecule has 0 spiro atoms. The number of aryl methyl sites for hydroxylation is 1. The number of nitrogens with zero attached hydrogens (tertiary/aromatic N) is 4. The number of anilines is 2. The van der Waals surface area contributed by atoms with Crippen LogP contribution in [0.25, 0.3) is 0 Å². The number of aromatic amines is 1. The molecule has 0 aliphatic heterocycles. The summed E-state index contributed by atoms with van der Waals surface area (Å²) < 4.78 is 8.36. The largest absolute Gasteiger partial charge is 0.383 e. The van der Waals surface area contributed by atoms with Crippen LogP contribution in [0.1, 0.15) is 44.6 Å². The Morgan fingerprint density at radius 2 is 1.78 bits per heavy atom. The summed E-state index contributed by atoms with van der Waals surface area (Å²) in [4.78, 5) is 42.1. The molecule has 178 valence electrons. The number of ether oxygens (including phenoxy) is 1. The molecule has 0 fully saturated rings. The minimum Gasteiger partial charge on any atom is -0.383 e. The van der Waals surface area contributed by atoms with Gasteiger partial charge in [-0.05, 0) is 25.7 Å². The summed E-state index contributed by atoms with van der Waals surface area (Å²) in [7, 11) is 1.51. The molecule has 0 aromatic carbocycles. The molecule has 0 saturated carbocycles. The van der Waals surface area contributed by atoms with E-state index in [-0.39, 0.29) is 42.9 Å². The van der Waals surface area contributed by atoms with Gasteiger partial charge in [0.15, 0.2) is 5.69 Å². The highest BCUT2D eigenvalue weighted by Gasteiger charge is 2.26. The second kappa shape index (κ2) is 10.6. The molecule has 2 aromatic rings. The number of hydrogen-bond acceptors (Lipinski definition) is 6. The van der Waals surface area contributed by atoms with E-state index in [4.69, 9.17) is 10.5 Å². The number of nitrogens with two attached hydrogens (primary N) is 1. The van der Waals surface area contributed by atoms with Crippen LogP contribution in [0.3, 0.4) is 0 Å². The summed E-state index contributed by atoms with van der Waals surface area (Å²) in [5.41, 5.74) is 7.45. The third-order valence-electron chi connectivity index (χ3n) is 5.25. The fourth-order valence-electron chi connectivity index (χ4n) is 3.69. The number of nitrogens with one attached hydrogen (secondary N) is 1. The maximum Gasteiger partial charge on any atom is 0.330 e. The fraction of sp³-hybridized carbons (Fsp3) is 0.636. The number of nitrogen functional groups attached to an aromatic ring is 1. The highest BCUT2D eigenvalue weighted by atomic mass is 16.5. The van der Waals surface area contributed by atoms with Gasteiger partial charge < -0.3 is 15.4 Å². The Balaban J connectivity index is 2.50. The lowest BCUT2D eigenvalue weighted by atomic mass is 10.1. The van der Waals surface area contributed by atoms with Gasteiger partial charge in [0.2, 0.25) is 5.91 Å². The standard InChI is InChI=1S/C22H36N6O4/c1-13(2)11-27-20(23)19(21(30)24-22(27)31)26(8-9-32-7)18(29)10-17-15(5)25-28(16(17)6)12-14(3)4/h13-14H,8-12,23H2,1-7H3,(H,24,30,31). The van der Waals surface area contributed by atoms with E-state index in [1.165, 1.54) is 16.6 Å². The molecule has 0 saturated heterocycles. The first-order valence-corrected chi connectivity index (χ1v) is 10.9. The zero-order valence-corrected chi connectivity index (χ0v) is 20.2. The van der Waals surface area contributed by atoms with Gasteiger partial charge >= 0.3 is 5.69 Å². The number of carbonyl (C=O) groups excluding carboxylic acids is 1. The van der Waals surface area contributed by atoms with E-state index in [1.54, 1.807) is 0 Å². The van der Waals surface area contributed by atoms with Crippen LogP contribution in [0, 0.1) is 25.7 Å². The molecule has 1 amide bonds. The van der Waals surface area contributed by atoms with E-state index in [1.807, 2.05) is 32.4 Å². The molecule has 0 unspecified atom stereocenters. The van der Waals surface area contributed by atoms with Crippen LogP contribution in [0.15, 0.2) is 9.59 Å². The van der Waals surface area contributed by atoms with E-state index in [2.05, 4.69) is 23.9 Å². The average molecular weight is 449 g/mol. The van der Waals surface area contributed by atoms with Crippen molar-refractivity contribution in [3.63, 3.8) is 0 Å². The zero-order valence-electron chi connectivity index (χ0n) is 20.2. The van der Waals surface area contributed by atoms with Crippen LogP contribution in [0.4, 0.5) is 11.5 Å². The molecule has 3 N–H and O–H groups in total. The number of aromatic nitrogens is 4. The summed E-state index contributed by atoms with van der Waals surface area (Å²) in [5.74, 6) is 0.189. The van der Waals surface area contributed by atoms with E-state index in [0.29, 0.717) is 12.5 Å². The molecule has 0 bridgehead atoms. The first kappa shape index (κ1) is 25.4. The van der Waals surface area contributed by atoms with Gasteiger partial charge in [0, 0.05) is 38.0 Å². The number of amides is 1. The lowest BCUT2D eigenvalue weighted by Crippen LogP contribution is -2.43. The Bertz CT molecular complexity index is 1060. The number of methoxy groups -OCH3 is 1. The minimum atomic E-state index is -0.694. The van der Waals surface area contributed by atoms with Crippen LogP contribution in [-0.4, -0.2) is 45.5 Å². The summed E-state index contributed by atoms with van der Waals surface area (Å²) in [5, 5.41) is 4.57. The first-order valence-electron chi connectivity index (χ1n) is 10.9. The predicted molar refractivity (Wildman–Crippen MR) is 125 cm³/mol. The van der Waals surface area contributed by atoms with Crippen LogP contribution >= 0.6 is 0 Å². The first-order chi connectivity index (χ1) is 15.0. The molecule has 2 heterocycles. The van der Waals surface area contributed by atoms with Crippen LogP contribution in [-0.2, 0) is 29.0 Å². The Labute approximate surface area is 188 Å². The van der Waals surface area contributed by atoms with E-state index in [0.717, 1.165) is 23.5 Å². The van der Waals surface area contributed by atoms with Crippen LogP contribution in [0.5, 0.6) is 0 Å². The van der Waals surface area contributed by atoms with Gasteiger partial charge in [0.05, 0.1) is 18.7 Å². The molecular weight excluding hydrogens is 412 g/mol. The molecule has 0 atom stereocenters. The predicted octanol–water partition coefficient (Wildman–Crippen LogP) is 1.47. The van der Waals surface area contributed by atoms with Gasteiger partial charge in [-0.1, -0.05) is 27.7 Å². The number of rotatable bonds is 10. The third-order valence-corrected chi connectivity index (χ3v) is 5.25. The highest BCUT2D eigenvalue weighted by molar-refractivity contribution is 5.97. The van der Waals surface area contributed by atoms with Crippen molar-refractivity contribution in [2.24, 2.45) is 11.8 Å². The highest BCUT2D eigenvalue weighted by Crippen LogP contribution is 2.21. The van der Waals surface area contributed by atoms with Gasteiger partial charge in [0.25, 0.3) is 5.56 Å². The second-order valence-corrected chi connectivity index (χ2v) is 8.94. The van der Waals surface area contributed by atoms with E-state index >= 15 is 0 Å². The Morgan fingerprint density at radius 1 is 1.16 bits per heavy atom. The van der Waals surface area contributed by atoms with Gasteiger partial charge in [-0.2, -0.15) is 5.10 Å². The summed E-state index contributed by atoms with van der Waals surface area (Å²) in [6.45, 7) is 13.3. The van der Waals surface area contributed by atoms with Crippen molar-refractivity contribution in [3.05, 3.63) is 37.8 Å². The Hall–Kier alpha value is -2.88. The Morgan fingerprint density at radius 3 is 2.34 bits per heavy atom. The maximum atomic E-state index is 13.4. The minimum absolute atomic E-state index is 0.0270. The molecule has 2 rings (SSSR count). The molecule has 10 heteroatoms. The van der Waals surface area contributed by atoms with Crippen LogP contribution < -0.4 is 21.9 Å².